The summed E-state index contributed by atoms with van der Waals surface area (Å²) >= 11 is 5.64. The molecule has 0 aliphatic rings. The number of halogens is 1. The third-order valence-electron chi connectivity index (χ3n) is 2.60. The molecule has 0 fully saturated rings. The van der Waals surface area contributed by atoms with E-state index in [0.717, 1.165) is 17.0 Å². The van der Waals surface area contributed by atoms with Gasteiger partial charge in [0.15, 0.2) is 0 Å². The number of aryl methyl sites for hydroxylation is 1. The third kappa shape index (κ3) is 2.74. The second-order valence-corrected chi connectivity index (χ2v) is 4.06. The molecule has 2 aromatic rings. The van der Waals surface area contributed by atoms with Crippen molar-refractivity contribution in [3.8, 4) is 11.6 Å². The minimum Gasteiger partial charge on any atom is -0.437 e. The van der Waals surface area contributed by atoms with Crippen LogP contribution in [0.1, 0.15) is 16.8 Å². The largest absolute Gasteiger partial charge is 0.437 e. The van der Waals surface area contributed by atoms with Gasteiger partial charge in [-0.2, -0.15) is 5.10 Å². The molecule has 0 atom stereocenters. The first-order chi connectivity index (χ1) is 8.20. The minimum atomic E-state index is 0.358. The predicted octanol–water partition coefficient (Wildman–Crippen LogP) is 3.62. The first-order valence-corrected chi connectivity index (χ1v) is 5.87. The molecule has 4 heteroatoms. The van der Waals surface area contributed by atoms with E-state index >= 15 is 0 Å². The zero-order valence-corrected chi connectivity index (χ0v) is 10.5. The van der Waals surface area contributed by atoms with E-state index in [1.54, 1.807) is 12.1 Å². The Hall–Kier alpha value is -1.61. The molecule has 0 amide bonds. The Balaban J connectivity index is 2.22. The summed E-state index contributed by atoms with van der Waals surface area (Å²) in [5.41, 5.74) is 3.03. The molecule has 1 aromatic heterocycles. The molecular formula is C13H13ClN2O. The van der Waals surface area contributed by atoms with Crippen molar-refractivity contribution in [3.63, 3.8) is 0 Å². The highest BCUT2D eigenvalue weighted by atomic mass is 35.5. The zero-order valence-electron chi connectivity index (χ0n) is 9.77. The van der Waals surface area contributed by atoms with Gasteiger partial charge in [0.05, 0.1) is 11.6 Å². The first kappa shape index (κ1) is 11.9. The van der Waals surface area contributed by atoms with Crippen LogP contribution < -0.4 is 4.74 Å². The van der Waals surface area contributed by atoms with Crippen LogP contribution in [0.15, 0.2) is 30.3 Å². The Bertz CT molecular complexity index is 511. The highest BCUT2D eigenvalue weighted by molar-refractivity contribution is 6.16. The predicted molar refractivity (Wildman–Crippen MR) is 67.6 cm³/mol. The maximum atomic E-state index is 5.67. The highest BCUT2D eigenvalue weighted by Gasteiger charge is 2.04. The van der Waals surface area contributed by atoms with Crippen molar-refractivity contribution < 1.29 is 4.74 Å². The van der Waals surface area contributed by atoms with Gasteiger partial charge in [0, 0.05) is 6.07 Å². The van der Waals surface area contributed by atoms with Crippen molar-refractivity contribution in [1.82, 2.24) is 10.2 Å². The topological polar surface area (TPSA) is 35.0 Å². The summed E-state index contributed by atoms with van der Waals surface area (Å²) in [6.07, 6.45) is 0. The lowest BCUT2D eigenvalue weighted by molar-refractivity contribution is 0.450. The molecule has 0 saturated heterocycles. The van der Waals surface area contributed by atoms with Gasteiger partial charge in [-0.05, 0) is 37.1 Å². The molecule has 1 heterocycles. The summed E-state index contributed by atoms with van der Waals surface area (Å²) in [5, 5.41) is 7.90. The lowest BCUT2D eigenvalue weighted by Gasteiger charge is -2.09. The number of rotatable bonds is 3. The van der Waals surface area contributed by atoms with E-state index in [9.17, 15) is 0 Å². The third-order valence-corrected chi connectivity index (χ3v) is 2.88. The fraction of sp³-hybridized carbons (Fsp3) is 0.231. The second-order valence-electron chi connectivity index (χ2n) is 3.80. The standard InChI is InChI=1S/C13H13ClN2O/c1-9-4-3-5-12(10(9)2)17-13-7-6-11(8-14)15-16-13/h3-7H,8H2,1-2H3. The Morgan fingerprint density at radius 1 is 1.12 bits per heavy atom. The highest BCUT2D eigenvalue weighted by Crippen LogP contribution is 2.25. The summed E-state index contributed by atoms with van der Waals surface area (Å²) in [6, 6.07) is 9.50. The monoisotopic (exact) mass is 248 g/mol. The van der Waals surface area contributed by atoms with Gasteiger partial charge in [0.25, 0.3) is 0 Å². The number of ether oxygens (including phenoxy) is 1. The number of alkyl halides is 1. The normalized spacial score (nSPS) is 10.3. The molecule has 0 aliphatic carbocycles. The molecule has 0 saturated carbocycles. The fourth-order valence-electron chi connectivity index (χ4n) is 1.42. The van der Waals surface area contributed by atoms with Crippen molar-refractivity contribution in [2.75, 3.05) is 0 Å². The number of hydrogen-bond acceptors (Lipinski definition) is 3. The molecule has 1 aromatic carbocycles. The van der Waals surface area contributed by atoms with Crippen LogP contribution in [-0.4, -0.2) is 10.2 Å². The van der Waals surface area contributed by atoms with E-state index in [1.807, 2.05) is 32.0 Å². The summed E-state index contributed by atoms with van der Waals surface area (Å²) in [6.45, 7) is 4.07. The van der Waals surface area contributed by atoms with Crippen LogP contribution in [0.3, 0.4) is 0 Å². The quantitative estimate of drug-likeness (QED) is 0.778. The van der Waals surface area contributed by atoms with Crippen molar-refractivity contribution in [2.45, 2.75) is 19.7 Å². The smallest absolute Gasteiger partial charge is 0.238 e. The first-order valence-electron chi connectivity index (χ1n) is 5.33. The van der Waals surface area contributed by atoms with E-state index < -0.39 is 0 Å². The van der Waals surface area contributed by atoms with E-state index in [0.29, 0.717) is 11.8 Å². The molecule has 0 aliphatic heterocycles. The van der Waals surface area contributed by atoms with Crippen LogP contribution in [0, 0.1) is 13.8 Å². The van der Waals surface area contributed by atoms with Crippen molar-refractivity contribution in [1.29, 1.82) is 0 Å². The maximum absolute atomic E-state index is 5.67. The minimum absolute atomic E-state index is 0.358. The van der Waals surface area contributed by atoms with Crippen molar-refractivity contribution in [3.05, 3.63) is 47.2 Å². The van der Waals surface area contributed by atoms with E-state index in [4.69, 9.17) is 16.3 Å². The maximum Gasteiger partial charge on any atom is 0.238 e. The number of nitrogens with zero attached hydrogens (tertiary/aromatic N) is 2. The Morgan fingerprint density at radius 2 is 1.94 bits per heavy atom. The van der Waals surface area contributed by atoms with E-state index in [2.05, 4.69) is 10.2 Å². The van der Waals surface area contributed by atoms with Gasteiger partial charge in [-0.3, -0.25) is 0 Å². The average Bonchev–Trinajstić information content (AvgIpc) is 2.36. The van der Waals surface area contributed by atoms with Crippen LogP contribution >= 0.6 is 11.6 Å². The van der Waals surface area contributed by atoms with Gasteiger partial charge in [-0.25, -0.2) is 0 Å². The van der Waals surface area contributed by atoms with Crippen LogP contribution in [0.5, 0.6) is 11.6 Å². The molecule has 0 unspecified atom stereocenters. The average molecular weight is 249 g/mol. The van der Waals surface area contributed by atoms with Gasteiger partial charge in [-0.15, -0.1) is 16.7 Å². The second kappa shape index (κ2) is 5.15. The van der Waals surface area contributed by atoms with Gasteiger partial charge in [0.1, 0.15) is 5.75 Å². The summed E-state index contributed by atoms with van der Waals surface area (Å²) in [7, 11) is 0. The molecular weight excluding hydrogens is 236 g/mol. The zero-order chi connectivity index (χ0) is 12.3. The molecule has 17 heavy (non-hydrogen) atoms. The van der Waals surface area contributed by atoms with Crippen molar-refractivity contribution in [2.24, 2.45) is 0 Å². The lowest BCUT2D eigenvalue weighted by Crippen LogP contribution is -1.95. The van der Waals surface area contributed by atoms with Crippen LogP contribution in [0.25, 0.3) is 0 Å². The summed E-state index contributed by atoms with van der Waals surface area (Å²) in [4.78, 5) is 0. The summed E-state index contributed by atoms with van der Waals surface area (Å²) < 4.78 is 5.67. The molecule has 2 rings (SSSR count). The molecule has 88 valence electrons. The molecule has 0 radical (unpaired) electrons. The SMILES string of the molecule is Cc1cccc(Oc2ccc(CCl)nn2)c1C. The lowest BCUT2D eigenvalue weighted by atomic mass is 10.1. The van der Waals surface area contributed by atoms with Gasteiger partial charge >= 0.3 is 0 Å². The van der Waals surface area contributed by atoms with Gasteiger partial charge in [0.2, 0.25) is 5.88 Å². The van der Waals surface area contributed by atoms with Crippen LogP contribution in [-0.2, 0) is 5.88 Å². The number of aromatic nitrogens is 2. The number of hydrogen-bond donors (Lipinski definition) is 0. The van der Waals surface area contributed by atoms with Crippen molar-refractivity contribution >= 4 is 11.6 Å². The van der Waals surface area contributed by atoms with Gasteiger partial charge < -0.3 is 4.74 Å². The summed E-state index contributed by atoms with van der Waals surface area (Å²) in [5.74, 6) is 1.64. The number of benzene rings is 1. The van der Waals surface area contributed by atoms with E-state index in [1.165, 1.54) is 5.56 Å². The fourth-order valence-corrected chi connectivity index (χ4v) is 1.56. The Labute approximate surface area is 105 Å². The Kier molecular flexibility index (Phi) is 3.59. The molecule has 0 spiro atoms. The van der Waals surface area contributed by atoms with E-state index in [-0.39, 0.29) is 0 Å². The Morgan fingerprint density at radius 3 is 2.59 bits per heavy atom. The van der Waals surface area contributed by atoms with Gasteiger partial charge in [-0.1, -0.05) is 12.1 Å². The van der Waals surface area contributed by atoms with Crippen LogP contribution in [0.2, 0.25) is 0 Å². The molecule has 0 N–H and O–H groups in total. The molecule has 0 bridgehead atoms. The molecule has 3 nitrogen and oxygen atoms in total. The van der Waals surface area contributed by atoms with Crippen LogP contribution in [0.4, 0.5) is 0 Å².